The van der Waals surface area contributed by atoms with Gasteiger partial charge in [0.15, 0.2) is 11.2 Å². The van der Waals surface area contributed by atoms with Crippen LogP contribution in [0.15, 0.2) is 58.3 Å². The molecule has 1 N–H and O–H groups in total. The molecule has 0 saturated heterocycles. The van der Waals surface area contributed by atoms with Crippen LogP contribution in [-0.2, 0) is 27.2 Å². The second kappa shape index (κ2) is 7.86. The molecule has 9 heteroatoms. The van der Waals surface area contributed by atoms with Gasteiger partial charge in [0.05, 0.1) is 25.9 Å². The Kier molecular flexibility index (Phi) is 5.09. The molecule has 0 amide bonds. The van der Waals surface area contributed by atoms with Crippen molar-refractivity contribution in [2.75, 3.05) is 12.4 Å². The molecular formula is C21H22N6O3. The lowest BCUT2D eigenvalue weighted by Crippen LogP contribution is -2.37. The average Bonchev–Trinajstić information content (AvgIpc) is 3.14. The van der Waals surface area contributed by atoms with Crippen molar-refractivity contribution in [3.8, 4) is 5.75 Å². The summed E-state index contributed by atoms with van der Waals surface area (Å²) < 4.78 is 9.71. The first-order valence-electron chi connectivity index (χ1n) is 9.43. The smallest absolute Gasteiger partial charge is 0.332 e. The summed E-state index contributed by atoms with van der Waals surface area (Å²) in [6.45, 7) is 0.767. The van der Waals surface area contributed by atoms with Crippen molar-refractivity contribution in [2.24, 2.45) is 14.1 Å². The first kappa shape index (κ1) is 19.4. The van der Waals surface area contributed by atoms with Crippen LogP contribution in [0.4, 0.5) is 5.95 Å². The highest BCUT2D eigenvalue weighted by Gasteiger charge is 2.20. The van der Waals surface area contributed by atoms with Gasteiger partial charge in [0, 0.05) is 25.9 Å². The van der Waals surface area contributed by atoms with Gasteiger partial charge < -0.3 is 10.1 Å². The molecule has 0 atom stereocenters. The van der Waals surface area contributed by atoms with Crippen LogP contribution in [0.1, 0.15) is 11.3 Å². The topological polar surface area (TPSA) is 96.0 Å². The van der Waals surface area contributed by atoms with E-state index >= 15 is 0 Å². The number of hydrogen-bond donors (Lipinski definition) is 1. The van der Waals surface area contributed by atoms with E-state index in [1.54, 1.807) is 24.9 Å². The Morgan fingerprint density at radius 1 is 1.03 bits per heavy atom. The van der Waals surface area contributed by atoms with Crippen molar-refractivity contribution in [3.63, 3.8) is 0 Å². The van der Waals surface area contributed by atoms with E-state index in [0.717, 1.165) is 15.8 Å². The van der Waals surface area contributed by atoms with Crippen LogP contribution in [0.2, 0.25) is 0 Å². The maximum Gasteiger partial charge on any atom is 0.332 e. The number of anilines is 1. The fraction of sp³-hybridized carbons (Fsp3) is 0.238. The highest BCUT2D eigenvalue weighted by Crippen LogP contribution is 2.23. The molecule has 4 rings (SSSR count). The van der Waals surface area contributed by atoms with Gasteiger partial charge in [-0.1, -0.05) is 24.3 Å². The van der Waals surface area contributed by atoms with Gasteiger partial charge in [-0.05, 0) is 18.2 Å². The lowest BCUT2D eigenvalue weighted by atomic mass is 10.2. The van der Waals surface area contributed by atoms with Crippen LogP contribution in [-0.4, -0.2) is 30.8 Å². The molecule has 0 aliphatic carbocycles. The number of benzene rings is 1. The highest BCUT2D eigenvalue weighted by atomic mass is 16.5. The molecule has 3 heterocycles. The summed E-state index contributed by atoms with van der Waals surface area (Å²) in [4.78, 5) is 34.2. The number of fused-ring (bicyclic) bond motifs is 1. The molecule has 0 bridgehead atoms. The normalized spacial score (nSPS) is 11.0. The molecule has 0 saturated carbocycles. The number of aryl methyl sites for hydroxylation is 1. The average molecular weight is 406 g/mol. The minimum Gasteiger partial charge on any atom is -0.496 e. The number of methoxy groups -OCH3 is 1. The van der Waals surface area contributed by atoms with Crippen LogP contribution >= 0.6 is 0 Å². The Morgan fingerprint density at radius 3 is 2.53 bits per heavy atom. The van der Waals surface area contributed by atoms with Crippen LogP contribution in [0, 0.1) is 0 Å². The first-order valence-corrected chi connectivity index (χ1v) is 9.43. The van der Waals surface area contributed by atoms with Gasteiger partial charge in [0.25, 0.3) is 5.56 Å². The fourth-order valence-corrected chi connectivity index (χ4v) is 3.41. The molecule has 0 fully saturated rings. The van der Waals surface area contributed by atoms with Crippen molar-refractivity contribution in [2.45, 2.75) is 13.1 Å². The number of imidazole rings is 1. The predicted octanol–water partition coefficient (Wildman–Crippen LogP) is 1.50. The summed E-state index contributed by atoms with van der Waals surface area (Å²) in [7, 11) is 4.67. The highest BCUT2D eigenvalue weighted by molar-refractivity contribution is 5.74. The number of nitrogens with one attached hydrogen (secondary N) is 1. The minimum absolute atomic E-state index is 0.321. The van der Waals surface area contributed by atoms with Gasteiger partial charge >= 0.3 is 5.69 Å². The van der Waals surface area contributed by atoms with Crippen molar-refractivity contribution >= 4 is 17.1 Å². The van der Waals surface area contributed by atoms with Crippen molar-refractivity contribution < 1.29 is 4.74 Å². The quantitative estimate of drug-likeness (QED) is 0.521. The van der Waals surface area contributed by atoms with Crippen molar-refractivity contribution in [1.82, 2.24) is 23.7 Å². The molecule has 3 aromatic heterocycles. The van der Waals surface area contributed by atoms with Gasteiger partial charge in [0.1, 0.15) is 5.75 Å². The molecule has 154 valence electrons. The van der Waals surface area contributed by atoms with Crippen LogP contribution < -0.4 is 21.3 Å². The number of ether oxygens (including phenoxy) is 1. The summed E-state index contributed by atoms with van der Waals surface area (Å²) in [6.07, 6.45) is 1.72. The number of nitrogens with zero attached hydrogens (tertiary/aromatic N) is 5. The summed E-state index contributed by atoms with van der Waals surface area (Å²) in [6, 6.07) is 13.2. The number of pyridine rings is 1. The molecule has 0 aliphatic rings. The summed E-state index contributed by atoms with van der Waals surface area (Å²) >= 11 is 0. The first-order chi connectivity index (χ1) is 14.5. The van der Waals surface area contributed by atoms with E-state index in [9.17, 15) is 9.59 Å². The maximum atomic E-state index is 13.0. The summed E-state index contributed by atoms with van der Waals surface area (Å²) in [5.41, 5.74) is 1.55. The van der Waals surface area contributed by atoms with Gasteiger partial charge in [-0.2, -0.15) is 4.98 Å². The van der Waals surface area contributed by atoms with Gasteiger partial charge in [-0.3, -0.25) is 23.5 Å². The Morgan fingerprint density at radius 2 is 1.80 bits per heavy atom. The Balaban J connectivity index is 1.88. The fourth-order valence-electron chi connectivity index (χ4n) is 3.41. The minimum atomic E-state index is -0.425. The van der Waals surface area contributed by atoms with Crippen LogP contribution in [0.25, 0.3) is 11.2 Å². The second-order valence-corrected chi connectivity index (χ2v) is 6.89. The van der Waals surface area contributed by atoms with Crippen LogP contribution in [0.5, 0.6) is 5.75 Å². The van der Waals surface area contributed by atoms with Crippen LogP contribution in [0.3, 0.4) is 0 Å². The molecule has 0 aliphatic heterocycles. The Bertz CT molecular complexity index is 1320. The zero-order chi connectivity index (χ0) is 21.3. The van der Waals surface area contributed by atoms with E-state index in [0.29, 0.717) is 36.0 Å². The van der Waals surface area contributed by atoms with Gasteiger partial charge in [-0.15, -0.1) is 0 Å². The molecular weight excluding hydrogens is 384 g/mol. The molecule has 30 heavy (non-hydrogen) atoms. The summed E-state index contributed by atoms with van der Waals surface area (Å²) in [5, 5.41) is 3.26. The molecule has 0 unspecified atom stereocenters. The standard InChI is InChI=1S/C21H22N6O3/c1-25-18-17(19(28)26(2)21(25)29)27(13-14-8-4-5-10-16(14)30-3)20(24-18)23-12-15-9-6-7-11-22-15/h4-11H,12-13H2,1-3H3,(H,23,24). The predicted molar refractivity (Wildman–Crippen MR) is 114 cm³/mol. The zero-order valence-electron chi connectivity index (χ0n) is 17.0. The molecule has 4 aromatic rings. The van der Waals surface area contributed by atoms with E-state index in [1.807, 2.05) is 42.5 Å². The van der Waals surface area contributed by atoms with E-state index in [1.165, 1.54) is 11.6 Å². The molecule has 0 spiro atoms. The molecule has 0 radical (unpaired) electrons. The monoisotopic (exact) mass is 406 g/mol. The lowest BCUT2D eigenvalue weighted by molar-refractivity contribution is 0.408. The van der Waals surface area contributed by atoms with E-state index in [2.05, 4.69) is 15.3 Å². The third-order valence-corrected chi connectivity index (χ3v) is 5.02. The number of rotatable bonds is 6. The van der Waals surface area contributed by atoms with E-state index in [4.69, 9.17) is 4.74 Å². The zero-order valence-corrected chi connectivity index (χ0v) is 17.0. The number of aromatic nitrogens is 5. The third-order valence-electron chi connectivity index (χ3n) is 5.02. The summed E-state index contributed by atoms with van der Waals surface area (Å²) in [5.74, 6) is 1.18. The Hall–Kier alpha value is -3.88. The molecule has 9 nitrogen and oxygen atoms in total. The molecule has 1 aromatic carbocycles. The third kappa shape index (κ3) is 3.34. The van der Waals surface area contributed by atoms with Crippen molar-refractivity contribution in [1.29, 1.82) is 0 Å². The maximum absolute atomic E-state index is 13.0. The van der Waals surface area contributed by atoms with Gasteiger partial charge in [-0.25, -0.2) is 4.79 Å². The lowest BCUT2D eigenvalue weighted by Gasteiger charge is -2.13. The number of hydrogen-bond acceptors (Lipinski definition) is 6. The second-order valence-electron chi connectivity index (χ2n) is 6.89. The number of para-hydroxylation sites is 1. The SMILES string of the molecule is COc1ccccc1Cn1c(NCc2ccccn2)nc2c1c(=O)n(C)c(=O)n2C. The Labute approximate surface area is 172 Å². The van der Waals surface area contributed by atoms with Crippen molar-refractivity contribution in [3.05, 3.63) is 80.8 Å². The van der Waals surface area contributed by atoms with Gasteiger partial charge in [0.2, 0.25) is 5.95 Å². The van der Waals surface area contributed by atoms with E-state index < -0.39 is 11.2 Å². The van der Waals surface area contributed by atoms with E-state index in [-0.39, 0.29) is 0 Å². The largest absolute Gasteiger partial charge is 0.496 e.